The van der Waals surface area contributed by atoms with Gasteiger partial charge in [0.25, 0.3) is 0 Å². The molecule has 0 radical (unpaired) electrons. The smallest absolute Gasteiger partial charge is 0.323 e. The molecule has 21 heavy (non-hydrogen) atoms. The molecule has 1 fully saturated rings. The minimum Gasteiger partial charge on any atom is -0.463 e. The molecule has 1 aliphatic rings. The number of amides is 1. The molecule has 1 aliphatic carbocycles. The van der Waals surface area contributed by atoms with Gasteiger partial charge >= 0.3 is 6.01 Å². The Morgan fingerprint density at radius 2 is 2.19 bits per heavy atom. The number of anilines is 2. The van der Waals surface area contributed by atoms with E-state index in [1.807, 2.05) is 6.92 Å². The Kier molecular flexibility index (Phi) is 5.09. The molecular formula is C12H21N7O2. The highest BCUT2D eigenvalue weighted by Crippen LogP contribution is 2.18. The molecule has 9 heteroatoms. The summed E-state index contributed by atoms with van der Waals surface area (Å²) < 4.78 is 5.38. The monoisotopic (exact) mass is 295 g/mol. The van der Waals surface area contributed by atoms with Crippen LogP contribution >= 0.6 is 0 Å². The van der Waals surface area contributed by atoms with Gasteiger partial charge in [-0.2, -0.15) is 15.0 Å². The van der Waals surface area contributed by atoms with Crippen molar-refractivity contribution in [3.05, 3.63) is 0 Å². The number of nitrogen functional groups attached to an aromatic ring is 1. The summed E-state index contributed by atoms with van der Waals surface area (Å²) in [6, 6.07) is 0.512. The number of likely N-dealkylation sites (N-methyl/N-ethyl adjacent to an activating group) is 1. The molecule has 0 aliphatic heterocycles. The van der Waals surface area contributed by atoms with E-state index in [0.29, 0.717) is 18.6 Å². The Bertz CT molecular complexity index is 492. The zero-order valence-electron chi connectivity index (χ0n) is 12.3. The van der Waals surface area contributed by atoms with Crippen LogP contribution in [0.1, 0.15) is 26.2 Å². The maximum absolute atomic E-state index is 11.8. The minimum atomic E-state index is -0.0568. The number of nitrogens with two attached hydrogens (primary N) is 1. The maximum atomic E-state index is 11.8. The summed E-state index contributed by atoms with van der Waals surface area (Å²) in [5.41, 5.74) is 2.37. The van der Waals surface area contributed by atoms with Crippen LogP contribution < -0.4 is 26.2 Å². The van der Waals surface area contributed by atoms with Crippen LogP contribution in [0.5, 0.6) is 6.01 Å². The molecule has 0 saturated heterocycles. The minimum absolute atomic E-state index is 0.0568. The molecule has 1 heterocycles. The van der Waals surface area contributed by atoms with Crippen LogP contribution in [0.4, 0.5) is 11.9 Å². The lowest BCUT2D eigenvalue weighted by Gasteiger charge is -2.17. The summed E-state index contributed by atoms with van der Waals surface area (Å²) in [4.78, 5) is 25.7. The van der Waals surface area contributed by atoms with Crippen LogP contribution in [0.2, 0.25) is 0 Å². The van der Waals surface area contributed by atoms with Gasteiger partial charge in [-0.05, 0) is 19.3 Å². The lowest BCUT2D eigenvalue weighted by molar-refractivity contribution is -0.119. The first kappa shape index (κ1) is 15.2. The number of ether oxygens (including phenoxy) is 1. The number of carbonyl (C=O) groups excluding carboxylic acids is 1. The molecule has 0 aromatic carbocycles. The van der Waals surface area contributed by atoms with Gasteiger partial charge in [-0.1, -0.05) is 6.92 Å². The average molecular weight is 295 g/mol. The van der Waals surface area contributed by atoms with Crippen LogP contribution in [0.25, 0.3) is 0 Å². The quantitative estimate of drug-likeness (QED) is 0.440. The van der Waals surface area contributed by atoms with E-state index in [1.165, 1.54) is 0 Å². The Hall–Kier alpha value is -2.16. The summed E-state index contributed by atoms with van der Waals surface area (Å²) in [6.45, 7) is 2.65. The average Bonchev–Trinajstić information content (AvgIpc) is 3.28. The highest BCUT2D eigenvalue weighted by molar-refractivity contribution is 5.81. The van der Waals surface area contributed by atoms with Crippen molar-refractivity contribution in [2.75, 3.05) is 30.5 Å². The summed E-state index contributed by atoms with van der Waals surface area (Å²) >= 11 is 0. The highest BCUT2D eigenvalue weighted by atomic mass is 16.5. The number of aromatic nitrogens is 3. The second kappa shape index (κ2) is 7.02. The van der Waals surface area contributed by atoms with E-state index in [4.69, 9.17) is 10.6 Å². The number of carbonyl (C=O) groups is 1. The third-order valence-corrected chi connectivity index (χ3v) is 2.83. The molecule has 0 atom stereocenters. The fourth-order valence-corrected chi connectivity index (χ4v) is 1.63. The van der Waals surface area contributed by atoms with Gasteiger partial charge in [0, 0.05) is 13.1 Å². The van der Waals surface area contributed by atoms with Crippen molar-refractivity contribution in [3.63, 3.8) is 0 Å². The normalized spacial score (nSPS) is 13.7. The SMILES string of the molecule is CCCOc1nc(NN)nc(N(C)CC(=O)NC2CC2)n1. The number of rotatable bonds is 8. The van der Waals surface area contributed by atoms with E-state index >= 15 is 0 Å². The Labute approximate surface area is 123 Å². The van der Waals surface area contributed by atoms with Gasteiger partial charge < -0.3 is 15.0 Å². The Morgan fingerprint density at radius 1 is 1.43 bits per heavy atom. The molecular weight excluding hydrogens is 274 g/mol. The van der Waals surface area contributed by atoms with E-state index in [0.717, 1.165) is 19.3 Å². The lowest BCUT2D eigenvalue weighted by Crippen LogP contribution is -2.37. The first-order valence-corrected chi connectivity index (χ1v) is 6.98. The lowest BCUT2D eigenvalue weighted by atomic mass is 10.5. The van der Waals surface area contributed by atoms with Crippen molar-refractivity contribution < 1.29 is 9.53 Å². The maximum Gasteiger partial charge on any atom is 0.323 e. The molecule has 2 rings (SSSR count). The van der Waals surface area contributed by atoms with Gasteiger partial charge in [0.15, 0.2) is 0 Å². The zero-order valence-corrected chi connectivity index (χ0v) is 12.3. The second-order valence-electron chi connectivity index (χ2n) is 4.93. The van der Waals surface area contributed by atoms with E-state index in [9.17, 15) is 4.79 Å². The van der Waals surface area contributed by atoms with Gasteiger partial charge in [0.05, 0.1) is 13.2 Å². The van der Waals surface area contributed by atoms with E-state index in [1.54, 1.807) is 11.9 Å². The predicted octanol–water partition coefficient (Wildman–Crippen LogP) is -0.339. The van der Waals surface area contributed by atoms with Crippen LogP contribution in [-0.2, 0) is 4.79 Å². The third kappa shape index (κ3) is 4.71. The van der Waals surface area contributed by atoms with Gasteiger partial charge in [-0.25, -0.2) is 5.84 Å². The predicted molar refractivity (Wildman–Crippen MR) is 77.9 cm³/mol. The Balaban J connectivity index is 2.02. The topological polar surface area (TPSA) is 118 Å². The summed E-state index contributed by atoms with van der Waals surface area (Å²) in [5, 5.41) is 2.91. The summed E-state index contributed by atoms with van der Waals surface area (Å²) in [6.07, 6.45) is 2.95. The van der Waals surface area contributed by atoms with Crippen molar-refractivity contribution in [2.45, 2.75) is 32.2 Å². The first-order chi connectivity index (χ1) is 10.1. The number of hydrogen-bond acceptors (Lipinski definition) is 8. The molecule has 116 valence electrons. The fraction of sp³-hybridized carbons (Fsp3) is 0.667. The number of hydrazine groups is 1. The standard InChI is InChI=1S/C12H21N7O2/c1-3-6-21-12-16-10(18-13)15-11(17-12)19(2)7-9(20)14-8-4-5-8/h8H,3-7,13H2,1-2H3,(H,14,20)(H,15,16,17,18). The number of nitrogens with one attached hydrogen (secondary N) is 2. The van der Waals surface area contributed by atoms with Crippen LogP contribution in [-0.4, -0.2) is 47.1 Å². The molecule has 1 aromatic heterocycles. The molecule has 1 amide bonds. The van der Waals surface area contributed by atoms with Gasteiger partial charge in [0.2, 0.25) is 17.8 Å². The molecule has 0 unspecified atom stereocenters. The molecule has 0 spiro atoms. The van der Waals surface area contributed by atoms with Crippen molar-refractivity contribution in [1.29, 1.82) is 0 Å². The third-order valence-electron chi connectivity index (χ3n) is 2.83. The van der Waals surface area contributed by atoms with Gasteiger partial charge in [0.1, 0.15) is 0 Å². The van der Waals surface area contributed by atoms with Gasteiger partial charge in [-0.15, -0.1) is 0 Å². The zero-order chi connectivity index (χ0) is 15.2. The highest BCUT2D eigenvalue weighted by Gasteiger charge is 2.24. The Morgan fingerprint density at radius 3 is 2.81 bits per heavy atom. The first-order valence-electron chi connectivity index (χ1n) is 6.98. The van der Waals surface area contributed by atoms with E-state index in [2.05, 4.69) is 25.7 Å². The molecule has 4 N–H and O–H groups in total. The second-order valence-corrected chi connectivity index (χ2v) is 4.93. The molecule has 1 aromatic rings. The number of hydrogen-bond donors (Lipinski definition) is 3. The van der Waals surface area contributed by atoms with Crippen LogP contribution in [0, 0.1) is 0 Å². The van der Waals surface area contributed by atoms with Crippen LogP contribution in [0.3, 0.4) is 0 Å². The van der Waals surface area contributed by atoms with Crippen molar-refractivity contribution >= 4 is 17.8 Å². The largest absolute Gasteiger partial charge is 0.463 e. The van der Waals surface area contributed by atoms with Crippen molar-refractivity contribution in [2.24, 2.45) is 5.84 Å². The molecule has 1 saturated carbocycles. The van der Waals surface area contributed by atoms with Crippen molar-refractivity contribution in [1.82, 2.24) is 20.3 Å². The van der Waals surface area contributed by atoms with E-state index in [-0.39, 0.29) is 24.4 Å². The van der Waals surface area contributed by atoms with E-state index < -0.39 is 0 Å². The summed E-state index contributed by atoms with van der Waals surface area (Å²) in [5.74, 6) is 5.80. The number of nitrogens with zero attached hydrogens (tertiary/aromatic N) is 4. The molecule has 0 bridgehead atoms. The van der Waals surface area contributed by atoms with Crippen LogP contribution in [0.15, 0.2) is 0 Å². The molecule has 9 nitrogen and oxygen atoms in total. The fourth-order valence-electron chi connectivity index (χ4n) is 1.63. The van der Waals surface area contributed by atoms with Gasteiger partial charge in [-0.3, -0.25) is 10.2 Å². The van der Waals surface area contributed by atoms with Crippen molar-refractivity contribution in [3.8, 4) is 6.01 Å². The summed E-state index contributed by atoms with van der Waals surface area (Å²) in [7, 11) is 1.73.